The summed E-state index contributed by atoms with van der Waals surface area (Å²) in [6.07, 6.45) is 7.90. The van der Waals surface area contributed by atoms with Gasteiger partial charge in [0.2, 0.25) is 0 Å². The standard InChI is InChI=1S/C18H30N2O3/c1-20(11-18(22)5-7-23-8-6-18)17(21)19-16-10-12-9-15(16)14-4-2-3-13(12)14/h12-16,22H,2-11H2,1H3,(H,19,21)/t12-,13+,14-,15+,16-/m1/s1. The number of fused-ring (bicyclic) bond motifs is 5. The van der Waals surface area contributed by atoms with Crippen LogP contribution in [0.4, 0.5) is 4.79 Å². The van der Waals surface area contributed by atoms with Crippen LogP contribution in [0.15, 0.2) is 0 Å². The van der Waals surface area contributed by atoms with E-state index in [1.54, 1.807) is 11.9 Å². The van der Waals surface area contributed by atoms with E-state index < -0.39 is 5.60 Å². The average molecular weight is 322 g/mol. The third-order valence-electron chi connectivity index (χ3n) is 7.04. The smallest absolute Gasteiger partial charge is 0.317 e. The van der Waals surface area contributed by atoms with Crippen LogP contribution in [0.5, 0.6) is 0 Å². The summed E-state index contributed by atoms with van der Waals surface area (Å²) in [4.78, 5) is 14.2. The first-order chi connectivity index (χ1) is 11.1. The van der Waals surface area contributed by atoms with Crippen LogP contribution in [0, 0.1) is 23.7 Å². The maximum Gasteiger partial charge on any atom is 0.317 e. The number of hydrogen-bond donors (Lipinski definition) is 2. The van der Waals surface area contributed by atoms with Crippen LogP contribution in [0.2, 0.25) is 0 Å². The Balaban J connectivity index is 1.31. The van der Waals surface area contributed by atoms with Crippen LogP contribution >= 0.6 is 0 Å². The molecule has 1 saturated heterocycles. The molecule has 0 radical (unpaired) electrons. The van der Waals surface area contributed by atoms with Gasteiger partial charge >= 0.3 is 6.03 Å². The Kier molecular flexibility index (Phi) is 4.04. The molecule has 1 aliphatic heterocycles. The van der Waals surface area contributed by atoms with E-state index in [9.17, 15) is 9.90 Å². The zero-order valence-electron chi connectivity index (χ0n) is 14.2. The number of hydrogen-bond acceptors (Lipinski definition) is 3. The van der Waals surface area contributed by atoms with E-state index >= 15 is 0 Å². The third kappa shape index (κ3) is 2.86. The number of urea groups is 1. The van der Waals surface area contributed by atoms with Crippen molar-refractivity contribution in [3.05, 3.63) is 0 Å². The summed E-state index contributed by atoms with van der Waals surface area (Å²) in [6.45, 7) is 1.57. The number of rotatable bonds is 3. The molecule has 3 aliphatic carbocycles. The molecule has 2 bridgehead atoms. The topological polar surface area (TPSA) is 61.8 Å². The van der Waals surface area contributed by atoms with E-state index in [1.165, 1.54) is 32.1 Å². The maximum atomic E-state index is 12.6. The van der Waals surface area contributed by atoms with Crippen LogP contribution in [-0.4, -0.2) is 54.5 Å². The van der Waals surface area contributed by atoms with Crippen LogP contribution in [0.1, 0.15) is 44.9 Å². The van der Waals surface area contributed by atoms with Gasteiger partial charge in [0.25, 0.3) is 0 Å². The lowest BCUT2D eigenvalue weighted by atomic mass is 9.79. The molecular formula is C18H30N2O3. The van der Waals surface area contributed by atoms with E-state index in [1.807, 2.05) is 0 Å². The van der Waals surface area contributed by atoms with Gasteiger partial charge in [0.1, 0.15) is 0 Å². The van der Waals surface area contributed by atoms with E-state index in [2.05, 4.69) is 5.32 Å². The molecule has 5 nitrogen and oxygen atoms in total. The number of amides is 2. The molecule has 0 spiro atoms. The van der Waals surface area contributed by atoms with Gasteiger partial charge in [-0.2, -0.15) is 0 Å². The van der Waals surface area contributed by atoms with Gasteiger partial charge in [0.05, 0.1) is 12.1 Å². The summed E-state index contributed by atoms with van der Waals surface area (Å²) in [7, 11) is 1.80. The van der Waals surface area contributed by atoms with E-state index in [0.717, 1.165) is 17.8 Å². The molecule has 23 heavy (non-hydrogen) atoms. The molecule has 130 valence electrons. The largest absolute Gasteiger partial charge is 0.388 e. The molecule has 0 aromatic heterocycles. The Morgan fingerprint density at radius 1 is 1.22 bits per heavy atom. The first-order valence-corrected chi connectivity index (χ1v) is 9.37. The monoisotopic (exact) mass is 322 g/mol. The van der Waals surface area contributed by atoms with E-state index in [4.69, 9.17) is 4.74 Å². The lowest BCUT2D eigenvalue weighted by molar-refractivity contribution is -0.0723. The van der Waals surface area contributed by atoms with Gasteiger partial charge in [-0.3, -0.25) is 0 Å². The van der Waals surface area contributed by atoms with Crippen LogP contribution in [0.3, 0.4) is 0 Å². The van der Waals surface area contributed by atoms with Crippen molar-refractivity contribution in [2.24, 2.45) is 23.7 Å². The summed E-state index contributed by atoms with van der Waals surface area (Å²) >= 11 is 0. The highest BCUT2D eigenvalue weighted by atomic mass is 16.5. The molecule has 5 atom stereocenters. The molecule has 1 heterocycles. The highest BCUT2D eigenvalue weighted by molar-refractivity contribution is 5.74. The van der Waals surface area contributed by atoms with Gasteiger partial charge in [-0.05, 0) is 49.4 Å². The quantitative estimate of drug-likeness (QED) is 0.835. The van der Waals surface area contributed by atoms with Gasteiger partial charge in [-0.15, -0.1) is 0 Å². The molecule has 2 amide bonds. The van der Waals surface area contributed by atoms with Gasteiger partial charge in [0.15, 0.2) is 0 Å². The second-order valence-electron chi connectivity index (χ2n) is 8.40. The van der Waals surface area contributed by atoms with Gasteiger partial charge in [-0.1, -0.05) is 6.42 Å². The van der Waals surface area contributed by atoms with Crippen molar-refractivity contribution in [2.75, 3.05) is 26.8 Å². The third-order valence-corrected chi connectivity index (χ3v) is 7.04. The lowest BCUT2D eigenvalue weighted by Gasteiger charge is -2.37. The van der Waals surface area contributed by atoms with E-state index in [-0.39, 0.29) is 6.03 Å². The fourth-order valence-corrected chi connectivity index (χ4v) is 5.93. The normalized spacial score (nSPS) is 40.9. The maximum absolute atomic E-state index is 12.6. The van der Waals surface area contributed by atoms with Crippen LogP contribution in [-0.2, 0) is 4.74 Å². The molecule has 4 rings (SSSR count). The number of ether oxygens (including phenoxy) is 1. The van der Waals surface area contributed by atoms with Crippen molar-refractivity contribution < 1.29 is 14.6 Å². The Morgan fingerprint density at radius 2 is 1.96 bits per heavy atom. The number of nitrogens with zero attached hydrogens (tertiary/aromatic N) is 1. The lowest BCUT2D eigenvalue weighted by Crippen LogP contribution is -2.52. The predicted molar refractivity (Wildman–Crippen MR) is 87.0 cm³/mol. The number of carbonyl (C=O) groups is 1. The fraction of sp³-hybridized carbons (Fsp3) is 0.944. The Hall–Kier alpha value is -0.810. The molecule has 2 N–H and O–H groups in total. The second kappa shape index (κ2) is 5.92. The van der Waals surface area contributed by atoms with Gasteiger partial charge < -0.3 is 20.1 Å². The van der Waals surface area contributed by atoms with Gasteiger partial charge in [-0.25, -0.2) is 4.79 Å². The molecule has 4 aliphatic rings. The fourth-order valence-electron chi connectivity index (χ4n) is 5.93. The second-order valence-corrected chi connectivity index (χ2v) is 8.40. The SMILES string of the molecule is CN(CC1(O)CCOCC1)C(=O)N[C@@H]1C[C@H]2C[C@H]1[C@@H]1CCC[C@@H]21. The highest BCUT2D eigenvalue weighted by Gasteiger charge is 2.54. The summed E-state index contributed by atoms with van der Waals surface area (Å²) < 4.78 is 5.31. The Bertz CT molecular complexity index is 463. The minimum atomic E-state index is -0.782. The number of aliphatic hydroxyl groups is 1. The summed E-state index contributed by atoms with van der Waals surface area (Å²) in [6, 6.07) is 0.343. The summed E-state index contributed by atoms with van der Waals surface area (Å²) in [5.74, 6) is 3.37. The number of likely N-dealkylation sites (N-methyl/N-ethyl adjacent to an activating group) is 1. The minimum Gasteiger partial charge on any atom is -0.388 e. The molecule has 5 heteroatoms. The van der Waals surface area contributed by atoms with Crippen molar-refractivity contribution in [1.29, 1.82) is 0 Å². The zero-order chi connectivity index (χ0) is 16.0. The molecule has 0 aromatic carbocycles. The van der Waals surface area contributed by atoms with Gasteiger partial charge in [0, 0.05) is 39.1 Å². The first-order valence-electron chi connectivity index (χ1n) is 9.37. The molecule has 0 aromatic rings. The zero-order valence-corrected chi connectivity index (χ0v) is 14.2. The summed E-state index contributed by atoms with van der Waals surface area (Å²) in [5, 5.41) is 13.9. The predicted octanol–water partition coefficient (Wildman–Crippen LogP) is 1.99. The van der Waals surface area contributed by atoms with Crippen molar-refractivity contribution in [2.45, 2.75) is 56.6 Å². The number of nitrogens with one attached hydrogen (secondary N) is 1. The van der Waals surface area contributed by atoms with Crippen LogP contribution < -0.4 is 5.32 Å². The summed E-state index contributed by atoms with van der Waals surface area (Å²) in [5.41, 5.74) is -0.782. The highest BCUT2D eigenvalue weighted by Crippen LogP contribution is 2.58. The van der Waals surface area contributed by atoms with Crippen molar-refractivity contribution >= 4 is 6.03 Å². The minimum absolute atomic E-state index is 0.0167. The Morgan fingerprint density at radius 3 is 2.74 bits per heavy atom. The average Bonchev–Trinajstić information content (AvgIpc) is 3.19. The van der Waals surface area contributed by atoms with Crippen LogP contribution in [0.25, 0.3) is 0 Å². The van der Waals surface area contributed by atoms with Crippen molar-refractivity contribution in [3.63, 3.8) is 0 Å². The molecule has 3 saturated carbocycles. The molecule has 0 unspecified atom stereocenters. The molecule has 4 fully saturated rings. The van der Waals surface area contributed by atoms with Crippen molar-refractivity contribution in [1.82, 2.24) is 10.2 Å². The Labute approximate surface area is 138 Å². The van der Waals surface area contributed by atoms with E-state index in [0.29, 0.717) is 44.6 Å². The molecular weight excluding hydrogens is 292 g/mol. The number of carbonyl (C=O) groups excluding carboxylic acids is 1. The van der Waals surface area contributed by atoms with Crippen molar-refractivity contribution in [3.8, 4) is 0 Å². The first kappa shape index (κ1) is 15.7.